The second-order valence-corrected chi connectivity index (χ2v) is 4.25. The van der Waals surface area contributed by atoms with Gasteiger partial charge in [0.1, 0.15) is 0 Å². The van der Waals surface area contributed by atoms with Crippen molar-refractivity contribution in [3.05, 3.63) is 17.7 Å². The Morgan fingerprint density at radius 2 is 1.50 bits per heavy atom. The average Bonchev–Trinajstić information content (AvgIpc) is 2.23. The van der Waals surface area contributed by atoms with Gasteiger partial charge in [0.15, 0.2) is 0 Å². The minimum atomic E-state index is 0.675. The zero-order chi connectivity index (χ0) is 12.1. The summed E-state index contributed by atoms with van der Waals surface area (Å²) in [6.45, 7) is 8.61. The van der Waals surface area contributed by atoms with E-state index >= 15 is 0 Å². The first-order valence-electron chi connectivity index (χ1n) is 6.00. The summed E-state index contributed by atoms with van der Waals surface area (Å²) in [7, 11) is 0. The van der Waals surface area contributed by atoms with Crippen LogP contribution < -0.4 is 16.4 Å². The van der Waals surface area contributed by atoms with Crippen LogP contribution in [0.4, 0.5) is 17.1 Å². The number of nitrogens with two attached hydrogens (primary N) is 2. The Hall–Kier alpha value is -1.38. The van der Waals surface area contributed by atoms with Gasteiger partial charge >= 0.3 is 0 Å². The van der Waals surface area contributed by atoms with Crippen molar-refractivity contribution in [1.29, 1.82) is 0 Å². The number of hydrogen-bond donors (Lipinski definition) is 2. The fourth-order valence-corrected chi connectivity index (χ4v) is 1.97. The van der Waals surface area contributed by atoms with Gasteiger partial charge in [-0.1, -0.05) is 13.8 Å². The van der Waals surface area contributed by atoms with Crippen molar-refractivity contribution in [1.82, 2.24) is 0 Å². The van der Waals surface area contributed by atoms with Crippen molar-refractivity contribution in [3.63, 3.8) is 0 Å². The van der Waals surface area contributed by atoms with E-state index in [1.807, 2.05) is 12.1 Å². The van der Waals surface area contributed by atoms with Crippen molar-refractivity contribution in [2.75, 3.05) is 29.5 Å². The van der Waals surface area contributed by atoms with Gasteiger partial charge < -0.3 is 16.4 Å². The third-order valence-electron chi connectivity index (χ3n) is 2.73. The second kappa shape index (κ2) is 5.64. The van der Waals surface area contributed by atoms with E-state index in [4.69, 9.17) is 11.5 Å². The van der Waals surface area contributed by atoms with Crippen molar-refractivity contribution in [2.24, 2.45) is 0 Å². The Morgan fingerprint density at radius 3 is 2.00 bits per heavy atom. The molecule has 0 atom stereocenters. The van der Waals surface area contributed by atoms with Gasteiger partial charge in [-0.3, -0.25) is 0 Å². The van der Waals surface area contributed by atoms with E-state index in [0.717, 1.165) is 25.9 Å². The third kappa shape index (κ3) is 2.81. The van der Waals surface area contributed by atoms with Gasteiger partial charge in [-0.05, 0) is 37.5 Å². The topological polar surface area (TPSA) is 55.3 Å². The SMILES string of the molecule is CCCN(CCC)c1cc(N)c(N)cc1C. The number of hydrogen-bond acceptors (Lipinski definition) is 3. The minimum Gasteiger partial charge on any atom is -0.397 e. The van der Waals surface area contributed by atoms with Crippen LogP contribution in [-0.2, 0) is 0 Å². The molecule has 0 amide bonds. The molecular formula is C13H23N3. The average molecular weight is 221 g/mol. The predicted octanol–water partition coefficient (Wildman–Crippen LogP) is 2.79. The van der Waals surface area contributed by atoms with E-state index < -0.39 is 0 Å². The Morgan fingerprint density at radius 1 is 1.00 bits per heavy atom. The molecule has 4 N–H and O–H groups in total. The maximum atomic E-state index is 5.87. The van der Waals surface area contributed by atoms with Crippen molar-refractivity contribution >= 4 is 17.1 Å². The number of aryl methyl sites for hydroxylation is 1. The second-order valence-electron chi connectivity index (χ2n) is 4.25. The lowest BCUT2D eigenvalue weighted by Crippen LogP contribution is -2.25. The first-order chi connectivity index (χ1) is 7.60. The molecule has 0 heterocycles. The molecule has 0 saturated heterocycles. The molecule has 0 radical (unpaired) electrons. The van der Waals surface area contributed by atoms with Crippen LogP contribution in [0.2, 0.25) is 0 Å². The lowest BCUT2D eigenvalue weighted by atomic mass is 10.1. The van der Waals surface area contributed by atoms with Crippen LogP contribution in [0, 0.1) is 6.92 Å². The zero-order valence-electron chi connectivity index (χ0n) is 10.6. The van der Waals surface area contributed by atoms with Crippen LogP contribution in [-0.4, -0.2) is 13.1 Å². The zero-order valence-corrected chi connectivity index (χ0v) is 10.6. The summed E-state index contributed by atoms with van der Waals surface area (Å²) >= 11 is 0. The van der Waals surface area contributed by atoms with Gasteiger partial charge in [-0.25, -0.2) is 0 Å². The maximum Gasteiger partial charge on any atom is 0.0568 e. The van der Waals surface area contributed by atoms with Gasteiger partial charge in [-0.2, -0.15) is 0 Å². The highest BCUT2D eigenvalue weighted by molar-refractivity contribution is 5.72. The van der Waals surface area contributed by atoms with Crippen molar-refractivity contribution in [3.8, 4) is 0 Å². The highest BCUT2D eigenvalue weighted by Crippen LogP contribution is 2.28. The molecule has 1 aromatic carbocycles. The molecule has 0 saturated carbocycles. The summed E-state index contributed by atoms with van der Waals surface area (Å²) in [5.74, 6) is 0. The molecule has 3 heteroatoms. The first-order valence-corrected chi connectivity index (χ1v) is 6.00. The quantitative estimate of drug-likeness (QED) is 0.752. The lowest BCUT2D eigenvalue weighted by Gasteiger charge is -2.26. The Kier molecular flexibility index (Phi) is 4.47. The summed E-state index contributed by atoms with van der Waals surface area (Å²) in [6, 6.07) is 3.96. The van der Waals surface area contributed by atoms with E-state index in [1.54, 1.807) is 0 Å². The molecule has 0 aliphatic carbocycles. The number of benzene rings is 1. The molecule has 0 unspecified atom stereocenters. The standard InChI is InChI=1S/C13H23N3/c1-4-6-16(7-5-2)13-9-12(15)11(14)8-10(13)3/h8-9H,4-7,14-15H2,1-3H3. The van der Waals surface area contributed by atoms with E-state index in [1.165, 1.54) is 11.3 Å². The molecule has 0 aromatic heterocycles. The minimum absolute atomic E-state index is 0.675. The van der Waals surface area contributed by atoms with E-state index in [-0.39, 0.29) is 0 Å². The first kappa shape index (κ1) is 12.7. The smallest absolute Gasteiger partial charge is 0.0568 e. The van der Waals surface area contributed by atoms with Crippen LogP contribution in [0.5, 0.6) is 0 Å². The van der Waals surface area contributed by atoms with Gasteiger partial charge in [0, 0.05) is 18.8 Å². The largest absolute Gasteiger partial charge is 0.397 e. The van der Waals surface area contributed by atoms with Gasteiger partial charge in [-0.15, -0.1) is 0 Å². The number of rotatable bonds is 5. The van der Waals surface area contributed by atoms with Gasteiger partial charge in [0.05, 0.1) is 11.4 Å². The fraction of sp³-hybridized carbons (Fsp3) is 0.538. The van der Waals surface area contributed by atoms with Crippen LogP contribution in [0.1, 0.15) is 32.3 Å². The van der Waals surface area contributed by atoms with Gasteiger partial charge in [0.2, 0.25) is 0 Å². The number of nitrogen functional groups attached to an aromatic ring is 2. The molecule has 1 aromatic rings. The molecule has 0 aliphatic heterocycles. The molecular weight excluding hydrogens is 198 g/mol. The van der Waals surface area contributed by atoms with E-state index in [9.17, 15) is 0 Å². The monoisotopic (exact) mass is 221 g/mol. The summed E-state index contributed by atoms with van der Waals surface area (Å²) in [4.78, 5) is 2.38. The fourth-order valence-electron chi connectivity index (χ4n) is 1.97. The summed E-state index contributed by atoms with van der Waals surface area (Å²) in [5, 5.41) is 0. The summed E-state index contributed by atoms with van der Waals surface area (Å²) in [5.41, 5.74) is 15.4. The Balaban J connectivity index is 3.03. The predicted molar refractivity (Wildman–Crippen MR) is 72.8 cm³/mol. The Bertz CT molecular complexity index is 341. The molecule has 0 bridgehead atoms. The van der Waals surface area contributed by atoms with Crippen molar-refractivity contribution < 1.29 is 0 Å². The molecule has 3 nitrogen and oxygen atoms in total. The van der Waals surface area contributed by atoms with Gasteiger partial charge in [0.25, 0.3) is 0 Å². The Labute approximate surface area is 98.4 Å². The molecule has 90 valence electrons. The van der Waals surface area contributed by atoms with Crippen LogP contribution in [0.25, 0.3) is 0 Å². The molecule has 0 spiro atoms. The third-order valence-corrected chi connectivity index (χ3v) is 2.73. The molecule has 0 fully saturated rings. The molecule has 16 heavy (non-hydrogen) atoms. The van der Waals surface area contributed by atoms with Crippen LogP contribution in [0.3, 0.4) is 0 Å². The highest BCUT2D eigenvalue weighted by Gasteiger charge is 2.09. The molecule has 0 aliphatic rings. The van der Waals surface area contributed by atoms with E-state index in [2.05, 4.69) is 25.7 Å². The highest BCUT2D eigenvalue weighted by atomic mass is 15.1. The number of anilines is 3. The van der Waals surface area contributed by atoms with Crippen molar-refractivity contribution in [2.45, 2.75) is 33.6 Å². The van der Waals surface area contributed by atoms with E-state index in [0.29, 0.717) is 11.4 Å². The number of nitrogens with zero attached hydrogens (tertiary/aromatic N) is 1. The van der Waals surface area contributed by atoms with Crippen LogP contribution in [0.15, 0.2) is 12.1 Å². The summed E-state index contributed by atoms with van der Waals surface area (Å²) < 4.78 is 0. The maximum absolute atomic E-state index is 5.87. The normalized spacial score (nSPS) is 10.4. The summed E-state index contributed by atoms with van der Waals surface area (Å²) in [6.07, 6.45) is 2.29. The lowest BCUT2D eigenvalue weighted by molar-refractivity contribution is 0.743. The van der Waals surface area contributed by atoms with Crippen LogP contribution >= 0.6 is 0 Å². The molecule has 1 rings (SSSR count).